The van der Waals surface area contributed by atoms with Crippen molar-refractivity contribution in [1.82, 2.24) is 0 Å². The number of unbranched alkanes of at least 4 members (excludes halogenated alkanes) is 4. The van der Waals surface area contributed by atoms with Gasteiger partial charge in [-0.05, 0) is 18.1 Å². The highest BCUT2D eigenvalue weighted by molar-refractivity contribution is 5.24. The summed E-state index contributed by atoms with van der Waals surface area (Å²) in [4.78, 5) is 0. The third kappa shape index (κ3) is 5.17. The normalized spacial score (nSPS) is 14.2. The Morgan fingerprint density at radius 1 is 1.15 bits per heavy atom. The standard InChI is InChI=1S/C16H25F2NO/c1-2-3-4-5-6-7-16(20)14(11-19)13-9-8-12(17)10-15(13)18/h8-10,14,16,20H,2-7,11,19H2,1H3. The Morgan fingerprint density at radius 2 is 1.85 bits per heavy atom. The molecule has 0 aromatic heterocycles. The number of rotatable bonds is 9. The highest BCUT2D eigenvalue weighted by Crippen LogP contribution is 2.25. The molecule has 4 heteroatoms. The minimum atomic E-state index is -0.679. The van der Waals surface area contributed by atoms with Crippen molar-refractivity contribution in [3.05, 3.63) is 35.4 Å². The second-order valence-corrected chi connectivity index (χ2v) is 5.28. The van der Waals surface area contributed by atoms with Crippen molar-refractivity contribution in [2.75, 3.05) is 6.54 Å². The Labute approximate surface area is 120 Å². The molecule has 0 aliphatic carbocycles. The van der Waals surface area contributed by atoms with Crippen LogP contribution < -0.4 is 5.73 Å². The maximum absolute atomic E-state index is 13.7. The monoisotopic (exact) mass is 285 g/mol. The fraction of sp³-hybridized carbons (Fsp3) is 0.625. The van der Waals surface area contributed by atoms with Crippen LogP contribution in [0.15, 0.2) is 18.2 Å². The van der Waals surface area contributed by atoms with E-state index < -0.39 is 23.7 Å². The third-order valence-corrected chi connectivity index (χ3v) is 3.68. The fourth-order valence-electron chi connectivity index (χ4n) is 2.45. The molecule has 0 saturated heterocycles. The number of hydrogen-bond acceptors (Lipinski definition) is 2. The van der Waals surface area contributed by atoms with Crippen LogP contribution in [0.3, 0.4) is 0 Å². The average molecular weight is 285 g/mol. The van der Waals surface area contributed by atoms with Crippen LogP contribution in [0.25, 0.3) is 0 Å². The lowest BCUT2D eigenvalue weighted by Gasteiger charge is -2.22. The molecule has 1 rings (SSSR count). The van der Waals surface area contributed by atoms with Crippen molar-refractivity contribution in [2.24, 2.45) is 5.73 Å². The van der Waals surface area contributed by atoms with Crippen LogP contribution in [0.4, 0.5) is 8.78 Å². The van der Waals surface area contributed by atoms with Gasteiger partial charge in [0.25, 0.3) is 0 Å². The van der Waals surface area contributed by atoms with E-state index in [2.05, 4.69) is 6.92 Å². The largest absolute Gasteiger partial charge is 0.392 e. The zero-order chi connectivity index (χ0) is 15.0. The number of halogens is 2. The van der Waals surface area contributed by atoms with Gasteiger partial charge in [0.05, 0.1) is 6.10 Å². The summed E-state index contributed by atoms with van der Waals surface area (Å²) in [6, 6.07) is 3.42. The van der Waals surface area contributed by atoms with Gasteiger partial charge in [0, 0.05) is 18.5 Å². The molecule has 1 aromatic carbocycles. The molecule has 0 amide bonds. The molecule has 3 N–H and O–H groups in total. The Bertz CT molecular complexity index is 398. The Balaban J connectivity index is 2.56. The van der Waals surface area contributed by atoms with Crippen LogP contribution in [0.5, 0.6) is 0 Å². The molecule has 0 spiro atoms. The molecular weight excluding hydrogens is 260 g/mol. The van der Waals surface area contributed by atoms with E-state index in [1.54, 1.807) is 0 Å². The van der Waals surface area contributed by atoms with Crippen LogP contribution in [0.1, 0.15) is 56.9 Å². The lowest BCUT2D eigenvalue weighted by atomic mass is 9.90. The molecule has 2 atom stereocenters. The smallest absolute Gasteiger partial charge is 0.129 e. The molecule has 20 heavy (non-hydrogen) atoms. The minimum absolute atomic E-state index is 0.151. The first-order valence-corrected chi connectivity index (χ1v) is 7.43. The van der Waals surface area contributed by atoms with E-state index in [0.717, 1.165) is 25.3 Å². The van der Waals surface area contributed by atoms with E-state index in [-0.39, 0.29) is 6.54 Å². The predicted octanol–water partition coefficient (Wildman–Crippen LogP) is 3.73. The van der Waals surface area contributed by atoms with E-state index in [4.69, 9.17) is 5.73 Å². The third-order valence-electron chi connectivity index (χ3n) is 3.68. The molecule has 0 fully saturated rings. The van der Waals surface area contributed by atoms with Crippen molar-refractivity contribution in [3.8, 4) is 0 Å². The fourth-order valence-corrected chi connectivity index (χ4v) is 2.45. The molecule has 0 bridgehead atoms. The first-order chi connectivity index (χ1) is 9.60. The first-order valence-electron chi connectivity index (χ1n) is 7.43. The topological polar surface area (TPSA) is 46.2 Å². The summed E-state index contributed by atoms with van der Waals surface area (Å²) in [5.41, 5.74) is 5.95. The van der Waals surface area contributed by atoms with E-state index in [1.165, 1.54) is 25.0 Å². The Morgan fingerprint density at radius 3 is 2.45 bits per heavy atom. The van der Waals surface area contributed by atoms with Gasteiger partial charge in [-0.15, -0.1) is 0 Å². The number of nitrogens with two attached hydrogens (primary N) is 1. The maximum Gasteiger partial charge on any atom is 0.129 e. The Kier molecular flexibility index (Phi) is 7.70. The van der Waals surface area contributed by atoms with Gasteiger partial charge in [-0.3, -0.25) is 0 Å². The summed E-state index contributed by atoms with van der Waals surface area (Å²) in [5.74, 6) is -1.72. The van der Waals surface area contributed by atoms with Crippen molar-refractivity contribution >= 4 is 0 Å². The number of aliphatic hydroxyl groups excluding tert-OH is 1. The summed E-state index contributed by atoms with van der Waals surface area (Å²) in [5, 5.41) is 10.2. The van der Waals surface area contributed by atoms with E-state index >= 15 is 0 Å². The highest BCUT2D eigenvalue weighted by atomic mass is 19.1. The maximum atomic E-state index is 13.7. The molecular formula is C16H25F2NO. The molecule has 0 saturated carbocycles. The van der Waals surface area contributed by atoms with Gasteiger partial charge in [0.15, 0.2) is 0 Å². The lowest BCUT2D eigenvalue weighted by molar-refractivity contribution is 0.130. The van der Waals surface area contributed by atoms with Crippen molar-refractivity contribution in [3.63, 3.8) is 0 Å². The predicted molar refractivity (Wildman–Crippen MR) is 77.5 cm³/mol. The first kappa shape index (κ1) is 17.1. The van der Waals surface area contributed by atoms with Gasteiger partial charge in [-0.25, -0.2) is 8.78 Å². The molecule has 0 heterocycles. The zero-order valence-corrected chi connectivity index (χ0v) is 12.1. The molecule has 114 valence electrons. The zero-order valence-electron chi connectivity index (χ0n) is 12.1. The van der Waals surface area contributed by atoms with Gasteiger partial charge in [-0.2, -0.15) is 0 Å². The second-order valence-electron chi connectivity index (χ2n) is 5.28. The van der Waals surface area contributed by atoms with Crippen LogP contribution in [0.2, 0.25) is 0 Å². The Hall–Kier alpha value is -1.00. The van der Waals surface area contributed by atoms with Crippen LogP contribution >= 0.6 is 0 Å². The average Bonchev–Trinajstić information content (AvgIpc) is 2.41. The molecule has 0 radical (unpaired) electrons. The molecule has 2 unspecified atom stereocenters. The number of benzene rings is 1. The summed E-state index contributed by atoms with van der Waals surface area (Å²) in [6.07, 6.45) is 5.41. The van der Waals surface area contributed by atoms with E-state index in [9.17, 15) is 13.9 Å². The molecule has 0 aliphatic heterocycles. The van der Waals surface area contributed by atoms with Crippen LogP contribution in [-0.2, 0) is 0 Å². The molecule has 1 aromatic rings. The van der Waals surface area contributed by atoms with Gasteiger partial charge in [0.2, 0.25) is 0 Å². The van der Waals surface area contributed by atoms with E-state index in [0.29, 0.717) is 12.0 Å². The summed E-state index contributed by atoms with van der Waals surface area (Å²) in [6.45, 7) is 2.30. The van der Waals surface area contributed by atoms with Crippen molar-refractivity contribution in [1.29, 1.82) is 0 Å². The number of aliphatic hydroxyl groups is 1. The summed E-state index contributed by atoms with van der Waals surface area (Å²) >= 11 is 0. The minimum Gasteiger partial charge on any atom is -0.392 e. The van der Waals surface area contributed by atoms with Gasteiger partial charge in [-0.1, -0.05) is 45.1 Å². The second kappa shape index (κ2) is 9.03. The molecule has 2 nitrogen and oxygen atoms in total. The summed E-state index contributed by atoms with van der Waals surface area (Å²) in [7, 11) is 0. The van der Waals surface area contributed by atoms with Gasteiger partial charge < -0.3 is 10.8 Å². The van der Waals surface area contributed by atoms with Gasteiger partial charge >= 0.3 is 0 Å². The highest BCUT2D eigenvalue weighted by Gasteiger charge is 2.22. The SMILES string of the molecule is CCCCCCCC(O)C(CN)c1ccc(F)cc1F. The quantitative estimate of drug-likeness (QED) is 0.679. The van der Waals surface area contributed by atoms with Gasteiger partial charge in [0.1, 0.15) is 11.6 Å². The van der Waals surface area contributed by atoms with E-state index in [1.807, 2.05) is 0 Å². The lowest BCUT2D eigenvalue weighted by Crippen LogP contribution is -2.26. The van der Waals surface area contributed by atoms with Crippen molar-refractivity contribution in [2.45, 2.75) is 57.5 Å². The van der Waals surface area contributed by atoms with Crippen molar-refractivity contribution < 1.29 is 13.9 Å². The van der Waals surface area contributed by atoms with Crippen LogP contribution in [0, 0.1) is 11.6 Å². The number of hydrogen-bond donors (Lipinski definition) is 2. The van der Waals surface area contributed by atoms with Crippen LogP contribution in [-0.4, -0.2) is 17.8 Å². The molecule has 0 aliphatic rings. The summed E-state index contributed by atoms with van der Waals surface area (Å²) < 4.78 is 26.6.